The van der Waals surface area contributed by atoms with E-state index in [4.69, 9.17) is 4.74 Å². The minimum atomic E-state index is -0.568. The number of nitrogens with one attached hydrogen (secondary N) is 1. The highest BCUT2D eigenvalue weighted by Gasteiger charge is 2.36. The molecule has 0 unspecified atom stereocenters. The molecule has 2 atom stereocenters. The lowest BCUT2D eigenvalue weighted by Gasteiger charge is -2.17. The van der Waals surface area contributed by atoms with E-state index in [0.29, 0.717) is 11.1 Å². The molecule has 0 radical (unpaired) electrons. The van der Waals surface area contributed by atoms with E-state index in [1.165, 1.54) is 12.1 Å². The largest absolute Gasteiger partial charge is 0.439 e. The number of halogens is 1. The van der Waals surface area contributed by atoms with Gasteiger partial charge in [-0.15, -0.1) is 0 Å². The Labute approximate surface area is 155 Å². The number of aromatic nitrogens is 2. The summed E-state index contributed by atoms with van der Waals surface area (Å²) in [5, 5.41) is 2.78. The lowest BCUT2D eigenvalue weighted by atomic mass is 9.97. The second-order valence-electron chi connectivity index (χ2n) is 6.00. The summed E-state index contributed by atoms with van der Waals surface area (Å²) in [4.78, 5) is 20.1. The third-order valence-corrected chi connectivity index (χ3v) is 4.14. The number of nitrogens with zero attached hydrogens (tertiary/aromatic N) is 2. The molecule has 0 saturated carbocycles. The number of hydrogen-bond acceptors (Lipinski definition) is 4. The summed E-state index contributed by atoms with van der Waals surface area (Å²) in [6.45, 7) is 0. The maximum absolute atomic E-state index is 13.2. The lowest BCUT2D eigenvalue weighted by Crippen LogP contribution is -2.19. The van der Waals surface area contributed by atoms with Gasteiger partial charge in [-0.3, -0.25) is 9.97 Å². The van der Waals surface area contributed by atoms with Crippen molar-refractivity contribution >= 4 is 6.09 Å². The van der Waals surface area contributed by atoms with Gasteiger partial charge in [-0.05, 0) is 41.5 Å². The van der Waals surface area contributed by atoms with Crippen molar-refractivity contribution in [2.75, 3.05) is 0 Å². The van der Waals surface area contributed by atoms with Crippen molar-refractivity contribution in [1.82, 2.24) is 15.3 Å². The van der Waals surface area contributed by atoms with Crippen molar-refractivity contribution in [3.8, 4) is 11.8 Å². The molecule has 5 nitrogen and oxygen atoms in total. The minimum absolute atomic E-state index is 0.345. The summed E-state index contributed by atoms with van der Waals surface area (Å²) in [6, 6.07) is 11.0. The first-order valence-corrected chi connectivity index (χ1v) is 8.29. The van der Waals surface area contributed by atoms with Gasteiger partial charge in [0.25, 0.3) is 0 Å². The Hall–Kier alpha value is -3.72. The third kappa shape index (κ3) is 3.77. The lowest BCUT2D eigenvalue weighted by molar-refractivity contribution is 0.132. The van der Waals surface area contributed by atoms with Crippen LogP contribution in [0.3, 0.4) is 0 Å². The fourth-order valence-corrected chi connectivity index (χ4v) is 2.87. The Bertz CT molecular complexity index is 1030. The Kier molecular flexibility index (Phi) is 4.50. The number of hydrogen-bond donors (Lipinski definition) is 1. The van der Waals surface area contributed by atoms with Crippen molar-refractivity contribution in [1.29, 1.82) is 0 Å². The van der Waals surface area contributed by atoms with Crippen LogP contribution in [0.2, 0.25) is 0 Å². The van der Waals surface area contributed by atoms with E-state index in [-0.39, 0.29) is 5.82 Å². The smallest absolute Gasteiger partial charge is 0.408 e. The third-order valence-electron chi connectivity index (χ3n) is 4.14. The number of alkyl carbamates (subject to hydrolysis) is 1. The fraction of sp³-hybridized carbons (Fsp3) is 0.0952. The predicted molar refractivity (Wildman–Crippen MR) is 96.0 cm³/mol. The molecule has 1 aromatic carbocycles. The monoisotopic (exact) mass is 359 g/mol. The molecular formula is C21H14FN3O2. The van der Waals surface area contributed by atoms with Crippen molar-refractivity contribution in [3.05, 3.63) is 95.3 Å². The van der Waals surface area contributed by atoms with Crippen LogP contribution in [0.4, 0.5) is 9.18 Å². The predicted octanol–water partition coefficient (Wildman–Crippen LogP) is 3.54. The molecule has 1 amide bonds. The van der Waals surface area contributed by atoms with Crippen LogP contribution in [0.15, 0.2) is 67.3 Å². The maximum atomic E-state index is 13.2. The average Bonchev–Trinajstić information content (AvgIpc) is 3.10. The molecule has 1 fully saturated rings. The van der Waals surface area contributed by atoms with Crippen LogP contribution in [0.25, 0.3) is 0 Å². The number of rotatable bonds is 2. The molecule has 0 spiro atoms. The Morgan fingerprint density at radius 3 is 2.52 bits per heavy atom. The zero-order valence-electron chi connectivity index (χ0n) is 14.1. The van der Waals surface area contributed by atoms with Crippen molar-refractivity contribution < 1.29 is 13.9 Å². The van der Waals surface area contributed by atoms with Gasteiger partial charge >= 0.3 is 6.09 Å². The second kappa shape index (κ2) is 7.26. The summed E-state index contributed by atoms with van der Waals surface area (Å²) < 4.78 is 18.6. The van der Waals surface area contributed by atoms with E-state index < -0.39 is 18.2 Å². The SMILES string of the molecule is O=C1N[C@H](c2cncc(C#Cc3cccnc3)c2)[C@@H](c2ccc(F)cc2)O1. The quantitative estimate of drug-likeness (QED) is 0.711. The number of amides is 1. The number of carbonyl (C=O) groups excluding carboxylic acids is 1. The first kappa shape index (κ1) is 16.7. The molecule has 0 aliphatic carbocycles. The summed E-state index contributed by atoms with van der Waals surface area (Å²) in [6.07, 6.45) is 5.58. The highest BCUT2D eigenvalue weighted by molar-refractivity contribution is 5.71. The van der Waals surface area contributed by atoms with Gasteiger partial charge < -0.3 is 10.1 Å². The van der Waals surface area contributed by atoms with Crippen molar-refractivity contribution in [2.24, 2.45) is 0 Å². The Morgan fingerprint density at radius 2 is 1.74 bits per heavy atom. The van der Waals surface area contributed by atoms with Gasteiger partial charge in [0, 0.05) is 35.9 Å². The first-order chi connectivity index (χ1) is 13.2. The highest BCUT2D eigenvalue weighted by atomic mass is 19.1. The van der Waals surface area contributed by atoms with E-state index in [1.54, 1.807) is 36.9 Å². The van der Waals surface area contributed by atoms with Crippen molar-refractivity contribution in [3.63, 3.8) is 0 Å². The molecule has 1 aliphatic heterocycles. The zero-order chi connectivity index (χ0) is 18.6. The molecule has 1 saturated heterocycles. The first-order valence-electron chi connectivity index (χ1n) is 8.29. The molecule has 0 bridgehead atoms. The number of pyridine rings is 2. The second-order valence-corrected chi connectivity index (χ2v) is 6.00. The maximum Gasteiger partial charge on any atom is 0.408 e. The van der Waals surface area contributed by atoms with E-state index in [9.17, 15) is 9.18 Å². The van der Waals surface area contributed by atoms with Crippen LogP contribution >= 0.6 is 0 Å². The van der Waals surface area contributed by atoms with Crippen LogP contribution in [0, 0.1) is 17.7 Å². The minimum Gasteiger partial charge on any atom is -0.439 e. The number of cyclic esters (lactones) is 1. The molecule has 3 heterocycles. The van der Waals surface area contributed by atoms with E-state index >= 15 is 0 Å². The van der Waals surface area contributed by atoms with Crippen LogP contribution < -0.4 is 5.32 Å². The van der Waals surface area contributed by atoms with Gasteiger partial charge in [-0.1, -0.05) is 24.0 Å². The van der Waals surface area contributed by atoms with E-state index in [1.807, 2.05) is 18.2 Å². The summed E-state index contributed by atoms with van der Waals surface area (Å²) >= 11 is 0. The van der Waals surface area contributed by atoms with E-state index in [0.717, 1.165) is 11.1 Å². The van der Waals surface area contributed by atoms with Gasteiger partial charge in [0.05, 0.1) is 0 Å². The molecule has 132 valence electrons. The molecule has 3 aromatic rings. The molecule has 2 aromatic heterocycles. The number of ether oxygens (including phenoxy) is 1. The van der Waals surface area contributed by atoms with Gasteiger partial charge in [-0.25, -0.2) is 9.18 Å². The Balaban J connectivity index is 1.63. The molecule has 1 N–H and O–H groups in total. The highest BCUT2D eigenvalue weighted by Crippen LogP contribution is 2.36. The van der Waals surface area contributed by atoms with Crippen molar-refractivity contribution in [2.45, 2.75) is 12.1 Å². The number of benzene rings is 1. The van der Waals surface area contributed by atoms with Crippen LogP contribution in [-0.4, -0.2) is 16.1 Å². The summed E-state index contributed by atoms with van der Waals surface area (Å²) in [5.74, 6) is 5.72. The van der Waals surface area contributed by atoms with Crippen LogP contribution in [0.1, 0.15) is 34.4 Å². The summed E-state index contributed by atoms with van der Waals surface area (Å²) in [7, 11) is 0. The zero-order valence-corrected chi connectivity index (χ0v) is 14.1. The van der Waals surface area contributed by atoms with Gasteiger partial charge in [0.15, 0.2) is 6.10 Å². The van der Waals surface area contributed by atoms with Crippen LogP contribution in [-0.2, 0) is 4.74 Å². The fourth-order valence-electron chi connectivity index (χ4n) is 2.87. The topological polar surface area (TPSA) is 64.1 Å². The molecule has 6 heteroatoms. The average molecular weight is 359 g/mol. The van der Waals surface area contributed by atoms with Gasteiger partial charge in [0.1, 0.15) is 11.9 Å². The van der Waals surface area contributed by atoms with Crippen LogP contribution in [0.5, 0.6) is 0 Å². The standard InChI is InChI=1S/C21H14FN3O2/c22-18-7-5-16(6-8-18)20-19(25-21(26)27-20)17-10-15(12-24-13-17)4-3-14-2-1-9-23-11-14/h1-2,5-13,19-20H,(H,25,26)/t19-,20-/m1/s1. The molecular weight excluding hydrogens is 345 g/mol. The van der Waals surface area contributed by atoms with Gasteiger partial charge in [-0.2, -0.15) is 0 Å². The molecule has 4 rings (SSSR count). The normalized spacial score (nSPS) is 18.2. The number of carbonyl (C=O) groups is 1. The van der Waals surface area contributed by atoms with Gasteiger partial charge in [0.2, 0.25) is 0 Å². The molecule has 1 aliphatic rings. The molecule has 27 heavy (non-hydrogen) atoms. The Morgan fingerprint density at radius 1 is 0.963 bits per heavy atom. The summed E-state index contributed by atoms with van der Waals surface area (Å²) in [5.41, 5.74) is 2.96. The van der Waals surface area contributed by atoms with E-state index in [2.05, 4.69) is 27.1 Å².